The van der Waals surface area contributed by atoms with E-state index in [-0.39, 0.29) is 11.8 Å². The zero-order valence-electron chi connectivity index (χ0n) is 19.9. The predicted octanol–water partition coefficient (Wildman–Crippen LogP) is 9.02. The van der Waals surface area contributed by atoms with E-state index in [1.807, 2.05) is 0 Å². The molecule has 4 fully saturated rings. The van der Waals surface area contributed by atoms with E-state index >= 15 is 0 Å². The van der Waals surface area contributed by atoms with Crippen molar-refractivity contribution in [2.75, 3.05) is 0 Å². The van der Waals surface area contributed by atoms with Crippen molar-refractivity contribution in [3.8, 4) is 0 Å². The molecule has 4 rings (SSSR count). The van der Waals surface area contributed by atoms with E-state index in [1.54, 1.807) is 0 Å². The summed E-state index contributed by atoms with van der Waals surface area (Å²) in [5.74, 6) is 2.57. The molecule has 0 aromatic heterocycles. The van der Waals surface area contributed by atoms with Crippen LogP contribution in [0.1, 0.15) is 116 Å². The quantitative estimate of drug-likeness (QED) is 0.386. The van der Waals surface area contributed by atoms with Crippen molar-refractivity contribution in [2.24, 2.45) is 41.4 Å². The lowest BCUT2D eigenvalue weighted by molar-refractivity contribution is -0.0119. The monoisotopic (exact) mass is 440 g/mol. The first-order valence-electron chi connectivity index (χ1n) is 13.9. The minimum absolute atomic E-state index is 0.0102. The fourth-order valence-electron chi connectivity index (χ4n) is 8.02. The molecule has 0 heterocycles. The van der Waals surface area contributed by atoms with Gasteiger partial charge in [-0.25, -0.2) is 13.2 Å². The Labute approximate surface area is 189 Å². The summed E-state index contributed by atoms with van der Waals surface area (Å²) >= 11 is 0. The molecule has 0 saturated heterocycles. The number of rotatable bonds is 6. The minimum Gasteiger partial charge on any atom is -0.247 e. The van der Waals surface area contributed by atoms with Crippen LogP contribution in [0.25, 0.3) is 0 Å². The molecule has 4 aliphatic carbocycles. The predicted molar refractivity (Wildman–Crippen MR) is 123 cm³/mol. The highest BCUT2D eigenvalue weighted by Crippen LogP contribution is 2.46. The fraction of sp³-hybridized carbons (Fsp3) is 1.00. The third-order valence-corrected chi connectivity index (χ3v) is 10.1. The van der Waals surface area contributed by atoms with Crippen molar-refractivity contribution in [3.05, 3.63) is 0 Å². The maximum Gasteiger partial charge on any atom is 0.134 e. The van der Waals surface area contributed by atoms with Gasteiger partial charge in [0.15, 0.2) is 0 Å². The van der Waals surface area contributed by atoms with Crippen LogP contribution >= 0.6 is 0 Å². The first kappa shape index (κ1) is 23.9. The second-order valence-electron chi connectivity index (χ2n) is 12.1. The normalized spacial score (nSPS) is 45.5. The number of alkyl halides is 3. The molecule has 0 bridgehead atoms. The second-order valence-corrected chi connectivity index (χ2v) is 12.1. The third kappa shape index (κ3) is 6.03. The van der Waals surface area contributed by atoms with Crippen LogP contribution in [0.4, 0.5) is 13.2 Å². The zero-order chi connectivity index (χ0) is 21.8. The standard InChI is InChI=1S/C28H47F3/c1-19-10-16-24(26(29)18-19)22-13-11-20(12-14-22)6-5-9-23-15-17-25(28(31)27(23)30)21-7-3-2-4-8-21/h19-28H,2-18H2,1H3. The Morgan fingerprint density at radius 3 is 2.00 bits per heavy atom. The summed E-state index contributed by atoms with van der Waals surface area (Å²) < 4.78 is 44.4. The maximum absolute atomic E-state index is 14.9. The molecule has 0 spiro atoms. The van der Waals surface area contributed by atoms with E-state index in [9.17, 15) is 13.2 Å². The lowest BCUT2D eigenvalue weighted by atomic mass is 9.67. The lowest BCUT2D eigenvalue weighted by Crippen LogP contribution is -2.41. The van der Waals surface area contributed by atoms with E-state index in [4.69, 9.17) is 0 Å². The summed E-state index contributed by atoms with van der Waals surface area (Å²) in [7, 11) is 0. The summed E-state index contributed by atoms with van der Waals surface area (Å²) in [6.45, 7) is 2.19. The molecule has 0 aromatic carbocycles. The van der Waals surface area contributed by atoms with Gasteiger partial charge in [0, 0.05) is 0 Å². The van der Waals surface area contributed by atoms with Gasteiger partial charge < -0.3 is 0 Å². The maximum atomic E-state index is 14.9. The van der Waals surface area contributed by atoms with Crippen molar-refractivity contribution in [3.63, 3.8) is 0 Å². The summed E-state index contributed by atoms with van der Waals surface area (Å²) in [6.07, 6.45) is 15.7. The topological polar surface area (TPSA) is 0 Å². The Morgan fingerprint density at radius 2 is 1.29 bits per heavy atom. The molecule has 0 amide bonds. The highest BCUT2D eigenvalue weighted by atomic mass is 19.2. The Balaban J connectivity index is 1.14. The number of halogens is 3. The van der Waals surface area contributed by atoms with Gasteiger partial charge in [0.25, 0.3) is 0 Å². The Kier molecular flexibility index (Phi) is 8.71. The van der Waals surface area contributed by atoms with Gasteiger partial charge in [0.2, 0.25) is 0 Å². The Morgan fingerprint density at radius 1 is 0.613 bits per heavy atom. The van der Waals surface area contributed by atoms with Crippen LogP contribution in [0.2, 0.25) is 0 Å². The van der Waals surface area contributed by atoms with Gasteiger partial charge in [-0.2, -0.15) is 0 Å². The summed E-state index contributed by atoms with van der Waals surface area (Å²) in [6, 6.07) is 0. The largest absolute Gasteiger partial charge is 0.247 e. The average Bonchev–Trinajstić information content (AvgIpc) is 2.78. The van der Waals surface area contributed by atoms with E-state index < -0.39 is 18.5 Å². The van der Waals surface area contributed by atoms with Gasteiger partial charge in [-0.15, -0.1) is 0 Å². The second kappa shape index (κ2) is 11.3. The van der Waals surface area contributed by atoms with E-state index in [0.717, 1.165) is 57.3 Å². The molecule has 0 aliphatic heterocycles. The molecule has 0 nitrogen and oxygen atoms in total. The molecular formula is C28H47F3. The smallest absolute Gasteiger partial charge is 0.134 e. The highest BCUT2D eigenvalue weighted by Gasteiger charge is 2.43. The SMILES string of the molecule is CC1CCC(C2CCC(CCCC3CCC(C4CCCCC4)C(F)C3F)CC2)C(F)C1. The molecule has 0 N–H and O–H groups in total. The fourth-order valence-corrected chi connectivity index (χ4v) is 8.02. The van der Waals surface area contributed by atoms with Gasteiger partial charge in [-0.05, 0) is 86.4 Å². The number of hydrogen-bond donors (Lipinski definition) is 0. The summed E-state index contributed by atoms with van der Waals surface area (Å²) in [5, 5.41) is 0. The molecule has 0 aromatic rings. The van der Waals surface area contributed by atoms with Gasteiger partial charge in [-0.1, -0.05) is 71.1 Å². The van der Waals surface area contributed by atoms with Gasteiger partial charge in [-0.3, -0.25) is 0 Å². The molecule has 3 heteroatoms. The zero-order valence-corrected chi connectivity index (χ0v) is 19.9. The van der Waals surface area contributed by atoms with Crippen molar-refractivity contribution < 1.29 is 13.2 Å². The van der Waals surface area contributed by atoms with Crippen molar-refractivity contribution in [1.82, 2.24) is 0 Å². The minimum atomic E-state index is -1.23. The van der Waals surface area contributed by atoms with E-state index in [2.05, 4.69) is 6.92 Å². The molecule has 4 aliphatic rings. The van der Waals surface area contributed by atoms with E-state index in [1.165, 1.54) is 57.8 Å². The summed E-state index contributed by atoms with van der Waals surface area (Å²) in [4.78, 5) is 0. The van der Waals surface area contributed by atoms with Crippen LogP contribution in [0.5, 0.6) is 0 Å². The van der Waals surface area contributed by atoms with Crippen molar-refractivity contribution in [2.45, 2.75) is 135 Å². The van der Waals surface area contributed by atoms with Crippen LogP contribution in [-0.2, 0) is 0 Å². The molecule has 180 valence electrons. The first-order chi connectivity index (χ1) is 15.0. The number of hydrogen-bond acceptors (Lipinski definition) is 0. The molecule has 7 atom stereocenters. The third-order valence-electron chi connectivity index (χ3n) is 10.1. The van der Waals surface area contributed by atoms with Crippen LogP contribution in [0, 0.1) is 41.4 Å². The molecule has 4 saturated carbocycles. The van der Waals surface area contributed by atoms with Crippen LogP contribution in [-0.4, -0.2) is 18.5 Å². The molecule has 7 unspecified atom stereocenters. The van der Waals surface area contributed by atoms with Crippen LogP contribution in [0.15, 0.2) is 0 Å². The highest BCUT2D eigenvalue weighted by molar-refractivity contribution is 4.92. The van der Waals surface area contributed by atoms with Crippen LogP contribution in [0.3, 0.4) is 0 Å². The van der Waals surface area contributed by atoms with Gasteiger partial charge in [0.05, 0.1) is 0 Å². The summed E-state index contributed by atoms with van der Waals surface area (Å²) in [5.41, 5.74) is 0. The average molecular weight is 441 g/mol. The molecule has 31 heavy (non-hydrogen) atoms. The molecular weight excluding hydrogens is 393 g/mol. The van der Waals surface area contributed by atoms with E-state index in [0.29, 0.717) is 23.7 Å². The lowest BCUT2D eigenvalue weighted by Gasteiger charge is -2.40. The van der Waals surface area contributed by atoms with Gasteiger partial charge in [0.1, 0.15) is 18.5 Å². The van der Waals surface area contributed by atoms with Crippen molar-refractivity contribution >= 4 is 0 Å². The van der Waals surface area contributed by atoms with Gasteiger partial charge >= 0.3 is 0 Å². The Bertz CT molecular complexity index is 522. The van der Waals surface area contributed by atoms with Crippen LogP contribution < -0.4 is 0 Å². The Hall–Kier alpha value is -0.210. The first-order valence-corrected chi connectivity index (χ1v) is 13.9. The van der Waals surface area contributed by atoms with Crippen molar-refractivity contribution in [1.29, 1.82) is 0 Å². The molecule has 0 radical (unpaired) electrons.